The second kappa shape index (κ2) is 5.29. The molecule has 1 aliphatic carbocycles. The molecule has 17 heavy (non-hydrogen) atoms. The molecule has 96 valence electrons. The number of carbonyl (C=O) groups excluding carboxylic acids is 2. The Balaban J connectivity index is 2.01. The van der Waals surface area contributed by atoms with E-state index in [-0.39, 0.29) is 30.4 Å². The zero-order chi connectivity index (χ0) is 12.4. The first kappa shape index (κ1) is 12.7. The summed E-state index contributed by atoms with van der Waals surface area (Å²) in [5, 5.41) is 3.37. The summed E-state index contributed by atoms with van der Waals surface area (Å²) < 4.78 is 0. The molecule has 1 saturated heterocycles. The predicted octanol–water partition coefficient (Wildman–Crippen LogP) is 1.01. The molecule has 2 amide bonds. The van der Waals surface area contributed by atoms with Crippen molar-refractivity contribution < 1.29 is 9.59 Å². The van der Waals surface area contributed by atoms with E-state index in [1.165, 1.54) is 0 Å². The van der Waals surface area contributed by atoms with Crippen LogP contribution >= 0.6 is 11.8 Å². The van der Waals surface area contributed by atoms with Gasteiger partial charge in [0.15, 0.2) is 0 Å². The molecule has 2 fully saturated rings. The van der Waals surface area contributed by atoms with Crippen molar-refractivity contribution in [2.45, 2.75) is 49.9 Å². The van der Waals surface area contributed by atoms with Crippen LogP contribution < -0.4 is 5.32 Å². The number of piperazine rings is 1. The Morgan fingerprint density at radius 3 is 2.47 bits per heavy atom. The molecule has 5 heteroatoms. The normalized spacial score (nSPS) is 34.7. The summed E-state index contributed by atoms with van der Waals surface area (Å²) in [6.45, 7) is 2.00. The average Bonchev–Trinajstić information content (AvgIpc) is 2.35. The number of amides is 2. The zero-order valence-electron chi connectivity index (χ0n) is 10.4. The van der Waals surface area contributed by atoms with Gasteiger partial charge in [0.25, 0.3) is 0 Å². The van der Waals surface area contributed by atoms with Crippen molar-refractivity contribution in [3.05, 3.63) is 0 Å². The Labute approximate surface area is 106 Å². The van der Waals surface area contributed by atoms with Crippen LogP contribution in [0.5, 0.6) is 0 Å². The lowest BCUT2D eigenvalue weighted by atomic mass is 9.92. The summed E-state index contributed by atoms with van der Waals surface area (Å²) in [4.78, 5) is 25.3. The molecule has 0 aromatic carbocycles. The quantitative estimate of drug-likeness (QED) is 0.802. The predicted molar refractivity (Wildman–Crippen MR) is 68.9 cm³/mol. The number of hydrogen-bond acceptors (Lipinski definition) is 3. The summed E-state index contributed by atoms with van der Waals surface area (Å²) in [5.74, 6) is 0.0568. The minimum Gasteiger partial charge on any atom is -0.345 e. The fourth-order valence-electron chi connectivity index (χ4n) is 2.82. The van der Waals surface area contributed by atoms with Crippen molar-refractivity contribution in [3.8, 4) is 0 Å². The molecule has 0 bridgehead atoms. The highest BCUT2D eigenvalue weighted by molar-refractivity contribution is 7.99. The Kier molecular flexibility index (Phi) is 3.97. The Hall–Kier alpha value is -0.710. The van der Waals surface area contributed by atoms with Crippen LogP contribution in [-0.4, -0.2) is 46.8 Å². The SMILES string of the molecule is CSC1CCC(N2C(=O)CNC(=O)C2C)CC1. The maximum atomic E-state index is 11.9. The highest BCUT2D eigenvalue weighted by atomic mass is 32.2. The first-order valence-corrected chi connectivity index (χ1v) is 7.54. The smallest absolute Gasteiger partial charge is 0.242 e. The number of thioether (sulfide) groups is 1. The highest BCUT2D eigenvalue weighted by Crippen LogP contribution is 2.31. The van der Waals surface area contributed by atoms with Gasteiger partial charge in [-0.1, -0.05) is 0 Å². The van der Waals surface area contributed by atoms with Gasteiger partial charge in [-0.25, -0.2) is 0 Å². The van der Waals surface area contributed by atoms with Crippen LogP contribution in [0.1, 0.15) is 32.6 Å². The van der Waals surface area contributed by atoms with Crippen LogP contribution in [0.4, 0.5) is 0 Å². The van der Waals surface area contributed by atoms with Gasteiger partial charge in [-0.2, -0.15) is 11.8 Å². The average molecular weight is 256 g/mol. The van der Waals surface area contributed by atoms with E-state index in [0.717, 1.165) is 30.9 Å². The second-order valence-corrected chi connectivity index (χ2v) is 6.00. The maximum absolute atomic E-state index is 11.9. The fraction of sp³-hybridized carbons (Fsp3) is 0.833. The van der Waals surface area contributed by atoms with Crippen molar-refractivity contribution in [1.29, 1.82) is 0 Å². The molecular formula is C12H20N2O2S. The van der Waals surface area contributed by atoms with Gasteiger partial charge in [0.1, 0.15) is 6.04 Å². The minimum absolute atomic E-state index is 0.0170. The molecule has 1 unspecified atom stereocenters. The van der Waals surface area contributed by atoms with Crippen LogP contribution in [0.15, 0.2) is 0 Å². The van der Waals surface area contributed by atoms with Gasteiger partial charge in [0.2, 0.25) is 11.8 Å². The van der Waals surface area contributed by atoms with Crippen LogP contribution in [0.3, 0.4) is 0 Å². The number of nitrogens with zero attached hydrogens (tertiary/aromatic N) is 1. The molecule has 0 aromatic rings. The summed E-state index contributed by atoms with van der Waals surface area (Å²) >= 11 is 1.91. The Bertz CT molecular complexity index is 314. The lowest BCUT2D eigenvalue weighted by Crippen LogP contribution is -2.60. The molecule has 0 radical (unpaired) electrons. The van der Waals surface area contributed by atoms with Gasteiger partial charge in [-0.3, -0.25) is 9.59 Å². The number of carbonyl (C=O) groups is 2. The van der Waals surface area contributed by atoms with Gasteiger partial charge in [0.05, 0.1) is 6.54 Å². The van der Waals surface area contributed by atoms with Crippen molar-refractivity contribution in [3.63, 3.8) is 0 Å². The van der Waals surface area contributed by atoms with Crippen LogP contribution in [0.25, 0.3) is 0 Å². The molecule has 0 spiro atoms. The van der Waals surface area contributed by atoms with E-state index < -0.39 is 0 Å². The monoisotopic (exact) mass is 256 g/mol. The molecule has 1 aliphatic heterocycles. The van der Waals surface area contributed by atoms with Crippen molar-refractivity contribution in [1.82, 2.24) is 10.2 Å². The van der Waals surface area contributed by atoms with E-state index in [1.807, 2.05) is 23.6 Å². The standard InChI is InChI=1S/C12H20N2O2S/c1-8-12(16)13-7-11(15)14(8)9-3-5-10(17-2)6-4-9/h8-10H,3-7H2,1-2H3,(H,13,16). The summed E-state index contributed by atoms with van der Waals surface area (Å²) in [5.41, 5.74) is 0. The molecular weight excluding hydrogens is 236 g/mol. The number of hydrogen-bond donors (Lipinski definition) is 1. The van der Waals surface area contributed by atoms with Crippen molar-refractivity contribution in [2.24, 2.45) is 0 Å². The Morgan fingerprint density at radius 1 is 1.24 bits per heavy atom. The molecule has 2 rings (SSSR count). The molecule has 2 aliphatic rings. The topological polar surface area (TPSA) is 49.4 Å². The first-order chi connectivity index (χ1) is 8.13. The van der Waals surface area contributed by atoms with Gasteiger partial charge in [-0.15, -0.1) is 0 Å². The lowest BCUT2D eigenvalue weighted by Gasteiger charge is -2.41. The largest absolute Gasteiger partial charge is 0.345 e. The van der Waals surface area contributed by atoms with Crippen LogP contribution in [-0.2, 0) is 9.59 Å². The minimum atomic E-state index is -0.299. The maximum Gasteiger partial charge on any atom is 0.242 e. The zero-order valence-corrected chi connectivity index (χ0v) is 11.3. The van der Waals surface area contributed by atoms with Gasteiger partial charge >= 0.3 is 0 Å². The fourth-order valence-corrected chi connectivity index (χ4v) is 3.57. The van der Waals surface area contributed by atoms with Gasteiger partial charge in [-0.05, 0) is 38.9 Å². The third-order valence-electron chi connectivity index (χ3n) is 3.87. The van der Waals surface area contributed by atoms with Gasteiger partial charge < -0.3 is 10.2 Å². The number of rotatable bonds is 2. The van der Waals surface area contributed by atoms with E-state index in [2.05, 4.69) is 11.6 Å². The molecule has 4 nitrogen and oxygen atoms in total. The van der Waals surface area contributed by atoms with E-state index in [9.17, 15) is 9.59 Å². The summed E-state index contributed by atoms with van der Waals surface area (Å²) in [7, 11) is 0. The molecule has 1 N–H and O–H groups in total. The third kappa shape index (κ3) is 2.59. The van der Waals surface area contributed by atoms with E-state index in [4.69, 9.17) is 0 Å². The lowest BCUT2D eigenvalue weighted by molar-refractivity contribution is -0.148. The third-order valence-corrected chi connectivity index (χ3v) is 5.01. The molecule has 1 heterocycles. The summed E-state index contributed by atoms with van der Waals surface area (Å²) in [6, 6.07) is -0.0287. The van der Waals surface area contributed by atoms with E-state index >= 15 is 0 Å². The van der Waals surface area contributed by atoms with Crippen molar-refractivity contribution in [2.75, 3.05) is 12.8 Å². The summed E-state index contributed by atoms with van der Waals surface area (Å²) in [6.07, 6.45) is 6.53. The first-order valence-electron chi connectivity index (χ1n) is 6.25. The molecule has 1 atom stereocenters. The molecule has 0 aromatic heterocycles. The number of nitrogens with one attached hydrogen (secondary N) is 1. The van der Waals surface area contributed by atoms with Crippen molar-refractivity contribution >= 4 is 23.6 Å². The molecule has 1 saturated carbocycles. The highest BCUT2D eigenvalue weighted by Gasteiger charge is 2.37. The van der Waals surface area contributed by atoms with E-state index in [0.29, 0.717) is 0 Å². The van der Waals surface area contributed by atoms with Gasteiger partial charge in [0, 0.05) is 11.3 Å². The Morgan fingerprint density at radius 2 is 1.88 bits per heavy atom. The van der Waals surface area contributed by atoms with Crippen LogP contribution in [0.2, 0.25) is 0 Å². The second-order valence-electron chi connectivity index (χ2n) is 4.86. The van der Waals surface area contributed by atoms with Crippen LogP contribution in [0, 0.1) is 0 Å². The van der Waals surface area contributed by atoms with E-state index in [1.54, 1.807) is 0 Å².